The van der Waals surface area contributed by atoms with E-state index in [2.05, 4.69) is 10.2 Å². The van der Waals surface area contributed by atoms with E-state index in [-0.39, 0.29) is 0 Å². The van der Waals surface area contributed by atoms with Crippen LogP contribution < -0.4 is 9.47 Å². The highest BCUT2D eigenvalue weighted by Gasteiger charge is 2.12. The second kappa shape index (κ2) is 8.66. The van der Waals surface area contributed by atoms with Crippen molar-refractivity contribution >= 4 is 35.0 Å². The predicted octanol–water partition coefficient (Wildman–Crippen LogP) is 5.00. The maximum Gasteiger partial charge on any atom is 0.191 e. The van der Waals surface area contributed by atoms with Crippen molar-refractivity contribution in [3.8, 4) is 11.5 Å². The SMILES string of the molecule is COc1ccccc1OCc1nnc(SCc2ccc(Cl)c(Cl)c2)n1C. The van der Waals surface area contributed by atoms with Gasteiger partial charge >= 0.3 is 0 Å². The first-order valence-corrected chi connectivity index (χ1v) is 9.53. The minimum absolute atomic E-state index is 0.303. The Labute approximate surface area is 166 Å². The second-order valence-electron chi connectivity index (χ2n) is 5.43. The van der Waals surface area contributed by atoms with Crippen molar-refractivity contribution in [3.05, 3.63) is 63.9 Å². The normalized spacial score (nSPS) is 10.8. The lowest BCUT2D eigenvalue weighted by atomic mass is 10.2. The molecule has 0 atom stereocenters. The molecule has 0 saturated carbocycles. The van der Waals surface area contributed by atoms with Crippen LogP contribution in [0.2, 0.25) is 10.0 Å². The molecule has 5 nitrogen and oxygen atoms in total. The molecular formula is C18H17Cl2N3O2S. The van der Waals surface area contributed by atoms with Crippen LogP contribution in [0.4, 0.5) is 0 Å². The first-order valence-electron chi connectivity index (χ1n) is 7.79. The van der Waals surface area contributed by atoms with E-state index in [1.165, 1.54) is 0 Å². The predicted molar refractivity (Wildman–Crippen MR) is 104 cm³/mol. The van der Waals surface area contributed by atoms with Gasteiger partial charge in [0.05, 0.1) is 17.2 Å². The Morgan fingerprint density at radius 2 is 1.81 bits per heavy atom. The molecule has 26 heavy (non-hydrogen) atoms. The number of nitrogens with zero attached hydrogens (tertiary/aromatic N) is 3. The molecule has 3 aromatic rings. The minimum Gasteiger partial charge on any atom is -0.493 e. The Morgan fingerprint density at radius 3 is 2.54 bits per heavy atom. The summed E-state index contributed by atoms with van der Waals surface area (Å²) in [4.78, 5) is 0. The Morgan fingerprint density at radius 1 is 1.04 bits per heavy atom. The summed E-state index contributed by atoms with van der Waals surface area (Å²) in [5, 5.41) is 10.3. The van der Waals surface area contributed by atoms with Crippen LogP contribution in [0.5, 0.6) is 11.5 Å². The molecule has 3 rings (SSSR count). The molecule has 8 heteroatoms. The lowest BCUT2D eigenvalue weighted by Gasteiger charge is -2.10. The van der Waals surface area contributed by atoms with Crippen molar-refractivity contribution in [1.82, 2.24) is 14.8 Å². The fourth-order valence-electron chi connectivity index (χ4n) is 2.25. The van der Waals surface area contributed by atoms with Crippen molar-refractivity contribution in [1.29, 1.82) is 0 Å². The average Bonchev–Trinajstić information content (AvgIpc) is 3.01. The minimum atomic E-state index is 0.303. The maximum absolute atomic E-state index is 6.05. The lowest BCUT2D eigenvalue weighted by molar-refractivity contribution is 0.272. The molecule has 2 aromatic carbocycles. The summed E-state index contributed by atoms with van der Waals surface area (Å²) < 4.78 is 13.0. The van der Waals surface area contributed by atoms with Crippen LogP contribution in [-0.4, -0.2) is 21.9 Å². The molecule has 0 saturated heterocycles. The van der Waals surface area contributed by atoms with E-state index < -0.39 is 0 Å². The van der Waals surface area contributed by atoms with Crippen LogP contribution in [0.25, 0.3) is 0 Å². The number of hydrogen-bond acceptors (Lipinski definition) is 5. The molecule has 0 N–H and O–H groups in total. The molecule has 1 heterocycles. The summed E-state index contributed by atoms with van der Waals surface area (Å²) in [7, 11) is 3.53. The fraction of sp³-hybridized carbons (Fsp3) is 0.222. The zero-order chi connectivity index (χ0) is 18.5. The molecule has 0 spiro atoms. The van der Waals surface area contributed by atoms with Crippen LogP contribution in [0, 0.1) is 0 Å². The molecule has 0 fully saturated rings. The van der Waals surface area contributed by atoms with Gasteiger partial charge in [-0.1, -0.05) is 53.2 Å². The summed E-state index contributed by atoms with van der Waals surface area (Å²) in [5.41, 5.74) is 1.07. The van der Waals surface area contributed by atoms with Crippen LogP contribution in [0.3, 0.4) is 0 Å². The van der Waals surface area contributed by atoms with Crippen molar-refractivity contribution in [2.24, 2.45) is 7.05 Å². The Hall–Kier alpha value is -1.89. The van der Waals surface area contributed by atoms with Gasteiger partial charge in [0.15, 0.2) is 22.5 Å². The van der Waals surface area contributed by atoms with E-state index in [1.807, 2.05) is 48.0 Å². The van der Waals surface area contributed by atoms with Gasteiger partial charge in [0.2, 0.25) is 0 Å². The average molecular weight is 410 g/mol. The third-order valence-corrected chi connectivity index (χ3v) is 5.53. The van der Waals surface area contributed by atoms with Crippen LogP contribution in [-0.2, 0) is 19.4 Å². The van der Waals surface area contributed by atoms with E-state index in [9.17, 15) is 0 Å². The highest BCUT2D eigenvalue weighted by Crippen LogP contribution is 2.28. The number of methoxy groups -OCH3 is 1. The molecule has 0 amide bonds. The van der Waals surface area contributed by atoms with E-state index in [0.29, 0.717) is 28.2 Å². The van der Waals surface area contributed by atoms with Crippen LogP contribution in [0.1, 0.15) is 11.4 Å². The van der Waals surface area contributed by atoms with Gasteiger partial charge in [-0.05, 0) is 29.8 Å². The summed E-state index contributed by atoms with van der Waals surface area (Å²) in [6.45, 7) is 0.303. The van der Waals surface area contributed by atoms with Gasteiger partial charge in [0.1, 0.15) is 6.61 Å². The zero-order valence-electron chi connectivity index (χ0n) is 14.3. The van der Waals surface area contributed by atoms with Gasteiger partial charge in [-0.3, -0.25) is 0 Å². The topological polar surface area (TPSA) is 49.2 Å². The van der Waals surface area contributed by atoms with Crippen LogP contribution >= 0.6 is 35.0 Å². The monoisotopic (exact) mass is 409 g/mol. The number of rotatable bonds is 7. The highest BCUT2D eigenvalue weighted by atomic mass is 35.5. The smallest absolute Gasteiger partial charge is 0.191 e. The third kappa shape index (κ3) is 4.44. The summed E-state index contributed by atoms with van der Waals surface area (Å²) in [6.07, 6.45) is 0. The molecule has 1 aromatic heterocycles. The summed E-state index contributed by atoms with van der Waals surface area (Å²) >= 11 is 13.6. The molecule has 0 aliphatic heterocycles. The summed E-state index contributed by atoms with van der Waals surface area (Å²) in [6, 6.07) is 13.1. The number of halogens is 2. The fourth-order valence-corrected chi connectivity index (χ4v) is 3.45. The van der Waals surface area contributed by atoms with E-state index in [4.69, 9.17) is 32.7 Å². The van der Waals surface area contributed by atoms with Crippen LogP contribution in [0.15, 0.2) is 47.6 Å². The van der Waals surface area contributed by atoms with Gasteiger partial charge in [-0.2, -0.15) is 0 Å². The molecular weight excluding hydrogens is 393 g/mol. The summed E-state index contributed by atoms with van der Waals surface area (Å²) in [5.74, 6) is 2.80. The number of aromatic nitrogens is 3. The lowest BCUT2D eigenvalue weighted by Crippen LogP contribution is -2.05. The van der Waals surface area contributed by atoms with Crippen molar-refractivity contribution in [2.45, 2.75) is 17.5 Å². The number of benzene rings is 2. The van der Waals surface area contributed by atoms with Gasteiger partial charge in [-0.15, -0.1) is 10.2 Å². The van der Waals surface area contributed by atoms with Crippen molar-refractivity contribution in [3.63, 3.8) is 0 Å². The van der Waals surface area contributed by atoms with Gasteiger partial charge in [-0.25, -0.2) is 0 Å². The Kier molecular flexibility index (Phi) is 6.29. The molecule has 0 radical (unpaired) electrons. The van der Waals surface area contributed by atoms with Gasteiger partial charge in [0.25, 0.3) is 0 Å². The van der Waals surface area contributed by atoms with E-state index in [0.717, 1.165) is 22.3 Å². The van der Waals surface area contributed by atoms with Gasteiger partial charge in [0, 0.05) is 12.8 Å². The first kappa shape index (κ1) is 18.9. The maximum atomic E-state index is 6.05. The molecule has 0 bridgehead atoms. The molecule has 0 aliphatic carbocycles. The third-order valence-electron chi connectivity index (χ3n) is 3.70. The zero-order valence-corrected chi connectivity index (χ0v) is 16.6. The second-order valence-corrected chi connectivity index (χ2v) is 7.19. The first-order chi connectivity index (χ1) is 12.6. The number of hydrogen-bond donors (Lipinski definition) is 0. The van der Waals surface area contributed by atoms with Gasteiger partial charge < -0.3 is 14.0 Å². The number of thioether (sulfide) groups is 1. The van der Waals surface area contributed by atoms with Crippen molar-refractivity contribution in [2.75, 3.05) is 7.11 Å². The van der Waals surface area contributed by atoms with E-state index in [1.54, 1.807) is 24.9 Å². The largest absolute Gasteiger partial charge is 0.493 e. The Bertz CT molecular complexity index is 902. The molecule has 0 unspecified atom stereocenters. The molecule has 136 valence electrons. The van der Waals surface area contributed by atoms with Crippen molar-refractivity contribution < 1.29 is 9.47 Å². The quantitative estimate of drug-likeness (QED) is 0.513. The molecule has 0 aliphatic rings. The number of ether oxygens (including phenoxy) is 2. The standard InChI is InChI=1S/C18H17Cl2N3O2S/c1-23-17(10-25-16-6-4-3-5-15(16)24-2)21-22-18(23)26-11-12-7-8-13(19)14(20)9-12/h3-9H,10-11H2,1-2H3. The highest BCUT2D eigenvalue weighted by molar-refractivity contribution is 7.98. The van der Waals surface area contributed by atoms with E-state index >= 15 is 0 Å². The number of para-hydroxylation sites is 2. The Balaban J connectivity index is 1.63.